The van der Waals surface area contributed by atoms with Crippen molar-refractivity contribution in [1.29, 1.82) is 0 Å². The Balaban J connectivity index is 1.38. The number of carbonyl (C=O) groups is 3. The van der Waals surface area contributed by atoms with E-state index in [2.05, 4.69) is 31.4 Å². The summed E-state index contributed by atoms with van der Waals surface area (Å²) in [6.45, 7) is 19.9. The van der Waals surface area contributed by atoms with Crippen molar-refractivity contribution in [3.05, 3.63) is 12.2 Å². The lowest BCUT2D eigenvalue weighted by atomic mass is 9.72. The van der Waals surface area contributed by atoms with E-state index in [1.807, 2.05) is 53.7 Å². The monoisotopic (exact) mass is 855 g/mol. The molecule has 2 spiro atoms. The molecule has 2 amide bonds. The number of amides is 2. The van der Waals surface area contributed by atoms with Crippen LogP contribution in [0.3, 0.4) is 0 Å². The van der Waals surface area contributed by atoms with Gasteiger partial charge in [-0.3, -0.25) is 9.59 Å². The van der Waals surface area contributed by atoms with E-state index >= 15 is 0 Å². The van der Waals surface area contributed by atoms with Gasteiger partial charge >= 0.3 is 12.0 Å². The maximum absolute atomic E-state index is 14.6. The molecule has 2 unspecified atom stereocenters. The van der Waals surface area contributed by atoms with Crippen molar-refractivity contribution in [3.63, 3.8) is 0 Å². The fourth-order valence-electron chi connectivity index (χ4n) is 11.0. The zero-order valence-corrected chi connectivity index (χ0v) is 38.0. The molecule has 14 heteroatoms. The molecule has 59 heavy (non-hydrogen) atoms. The number of ether oxygens (including phenoxy) is 5. The first-order chi connectivity index (χ1) is 27.7. The third-order valence-corrected chi connectivity index (χ3v) is 15.3. The molecule has 0 aromatic carbocycles. The number of carboxylic acid groups (broad SMARTS) is 1. The van der Waals surface area contributed by atoms with Crippen LogP contribution in [-0.4, -0.2) is 111 Å². The maximum Gasteiger partial charge on any atom is 0.315 e. The van der Waals surface area contributed by atoms with Crippen LogP contribution in [0.15, 0.2) is 12.2 Å². The Kier molecular flexibility index (Phi) is 15.7. The second-order valence-corrected chi connectivity index (χ2v) is 19.4. The normalized spacial score (nSPS) is 42.5. The van der Waals surface area contributed by atoms with Crippen LogP contribution in [0.4, 0.5) is 4.79 Å². The van der Waals surface area contributed by atoms with E-state index in [1.165, 1.54) is 0 Å². The van der Waals surface area contributed by atoms with Gasteiger partial charge in [0.25, 0.3) is 0 Å². The molecule has 0 aliphatic carbocycles. The number of hydrogen-bond donors (Lipinski definition) is 5. The molecule has 338 valence electrons. The number of carboxylic acids is 1. The van der Waals surface area contributed by atoms with E-state index < -0.39 is 95.0 Å². The number of Topliss-reactive ketones (excluding diaryl/α,β-unsaturated/α-hetero) is 1. The Hall–Kier alpha value is -1.84. The highest BCUT2D eigenvalue weighted by Gasteiger charge is 2.63. The molecule has 4 fully saturated rings. The van der Waals surface area contributed by atoms with Gasteiger partial charge in [0.15, 0.2) is 11.6 Å². The number of urea groups is 1. The zero-order valence-electron chi connectivity index (χ0n) is 37.2. The second kappa shape index (κ2) is 19.3. The SMILES string of the molecule is CCC(C(=O)[C@@H](C)[C@@H](O)[C@H](C)[C@@H]1O[C@@H]([C@@H](CC)C(=O)O)CC[C@@H]1C)[C@H]1O[C@]2(C=CC(NC(=O)NCCCl)[C@]3(CC[C@@](C)([C@H]4CC[C@](O)(CC)[C@H](C)O4)O3)O2)[C@H](C)C[C@@H]1C. The van der Waals surface area contributed by atoms with Crippen LogP contribution in [0, 0.1) is 41.4 Å². The molecule has 5 N–H and O–H groups in total. The van der Waals surface area contributed by atoms with Crippen molar-refractivity contribution >= 4 is 29.4 Å². The minimum absolute atomic E-state index is 0.0231. The summed E-state index contributed by atoms with van der Waals surface area (Å²) in [5, 5.41) is 38.7. The van der Waals surface area contributed by atoms with Gasteiger partial charge in [-0.1, -0.05) is 61.5 Å². The quantitative estimate of drug-likeness (QED) is 0.0870. The van der Waals surface area contributed by atoms with Gasteiger partial charge in [0.1, 0.15) is 11.8 Å². The molecular formula is C45H75ClN2O11. The molecule has 0 aromatic rings. The molecule has 5 heterocycles. The van der Waals surface area contributed by atoms with Crippen LogP contribution in [0.25, 0.3) is 0 Å². The summed E-state index contributed by atoms with van der Waals surface area (Å²) < 4.78 is 34.3. The first kappa shape index (κ1) is 48.2. The molecule has 5 aliphatic heterocycles. The largest absolute Gasteiger partial charge is 0.481 e. The number of ketones is 1. The molecule has 0 aromatic heterocycles. The van der Waals surface area contributed by atoms with Crippen molar-refractivity contribution in [2.45, 2.75) is 199 Å². The van der Waals surface area contributed by atoms with E-state index in [0.717, 1.165) is 6.42 Å². The molecule has 0 bridgehead atoms. The first-order valence-corrected chi connectivity index (χ1v) is 23.1. The predicted octanol–water partition coefficient (Wildman–Crippen LogP) is 6.73. The summed E-state index contributed by atoms with van der Waals surface area (Å²) in [4.78, 5) is 39.7. The number of alkyl halides is 1. The first-order valence-electron chi connectivity index (χ1n) is 22.6. The average molecular weight is 856 g/mol. The van der Waals surface area contributed by atoms with E-state index in [1.54, 1.807) is 6.92 Å². The number of aliphatic hydroxyl groups excluding tert-OH is 1. The van der Waals surface area contributed by atoms with Crippen molar-refractivity contribution in [2.75, 3.05) is 12.4 Å². The van der Waals surface area contributed by atoms with Crippen LogP contribution in [0.5, 0.6) is 0 Å². The van der Waals surface area contributed by atoms with Gasteiger partial charge in [-0.05, 0) is 89.5 Å². The number of nitrogens with one attached hydrogen (secondary N) is 2. The molecule has 4 saturated heterocycles. The predicted molar refractivity (Wildman–Crippen MR) is 224 cm³/mol. The van der Waals surface area contributed by atoms with Crippen LogP contribution < -0.4 is 10.6 Å². The topological polar surface area (TPSA) is 182 Å². The van der Waals surface area contributed by atoms with E-state index in [9.17, 15) is 29.7 Å². The highest BCUT2D eigenvalue weighted by molar-refractivity contribution is 6.18. The third kappa shape index (κ3) is 9.72. The average Bonchev–Trinajstić information content (AvgIpc) is 3.54. The zero-order chi connectivity index (χ0) is 43.7. The highest BCUT2D eigenvalue weighted by atomic mass is 35.5. The summed E-state index contributed by atoms with van der Waals surface area (Å²) in [6, 6.07) is -1.11. The summed E-state index contributed by atoms with van der Waals surface area (Å²) in [5.74, 6) is -5.78. The van der Waals surface area contributed by atoms with Gasteiger partial charge in [-0.2, -0.15) is 0 Å². The Morgan fingerprint density at radius 1 is 0.915 bits per heavy atom. The van der Waals surface area contributed by atoms with Crippen molar-refractivity contribution in [3.8, 4) is 0 Å². The maximum atomic E-state index is 14.6. The fourth-order valence-corrected chi connectivity index (χ4v) is 11.1. The molecule has 5 rings (SSSR count). The molecular weight excluding hydrogens is 780 g/mol. The lowest BCUT2D eigenvalue weighted by Gasteiger charge is -2.55. The van der Waals surface area contributed by atoms with Crippen LogP contribution in [0.2, 0.25) is 0 Å². The molecule has 5 aliphatic rings. The smallest absolute Gasteiger partial charge is 0.315 e. The third-order valence-electron chi connectivity index (χ3n) is 15.1. The number of aliphatic carboxylic acids is 1. The molecule has 13 nitrogen and oxygen atoms in total. The van der Waals surface area contributed by atoms with Crippen molar-refractivity contribution in [1.82, 2.24) is 10.6 Å². The Morgan fingerprint density at radius 3 is 2.22 bits per heavy atom. The van der Waals surface area contributed by atoms with Gasteiger partial charge in [-0.25, -0.2) is 4.79 Å². The van der Waals surface area contributed by atoms with Gasteiger partial charge in [0, 0.05) is 42.5 Å². The molecule has 18 atom stereocenters. The lowest BCUT2D eigenvalue weighted by Crippen LogP contribution is -2.66. The number of hydrogen-bond acceptors (Lipinski definition) is 10. The number of rotatable bonds is 15. The van der Waals surface area contributed by atoms with Crippen molar-refractivity contribution in [2.24, 2.45) is 41.4 Å². The summed E-state index contributed by atoms with van der Waals surface area (Å²) in [5.41, 5.74) is -1.72. The number of halogens is 1. The van der Waals surface area contributed by atoms with E-state index in [4.69, 9.17) is 35.3 Å². The Bertz CT molecular complexity index is 1500. The standard InChI is InChI=1S/C45H75ClN2O11/c1-11-31(40(51)52)33-15-14-25(4)38(56-33)29(8)36(49)28(7)37(50)32(12-2)39-26(5)24-27(6)44(57-39)19-16-34(48-41(53)47-23-22-46)45(59-44)21-20-42(10,58-45)35-17-18-43(54,13-3)30(9)55-35/h16,19,25-36,38-39,49,54H,11-15,17-18,20-24H2,1-10H3,(H,51,52)(H2,47,48,53)/t25-,26-,27+,28-,29-,30-,31+,32?,33+,34?,35+,36+,38+,39-,42-,43+,44-,45-/m0/s1. The van der Waals surface area contributed by atoms with Crippen molar-refractivity contribution < 1.29 is 53.4 Å². The fraction of sp³-hybridized carbons (Fsp3) is 0.889. The minimum Gasteiger partial charge on any atom is -0.481 e. The van der Waals surface area contributed by atoms with Crippen LogP contribution >= 0.6 is 11.6 Å². The minimum atomic E-state index is -1.34. The second-order valence-electron chi connectivity index (χ2n) is 19.0. The number of aliphatic hydroxyl groups is 2. The Morgan fingerprint density at radius 2 is 1.61 bits per heavy atom. The summed E-state index contributed by atoms with van der Waals surface area (Å²) >= 11 is 5.88. The highest BCUT2D eigenvalue weighted by Crippen LogP contribution is 2.54. The van der Waals surface area contributed by atoms with E-state index in [0.29, 0.717) is 57.8 Å². The Labute approximate surface area is 357 Å². The van der Waals surface area contributed by atoms with Crippen LogP contribution in [0.1, 0.15) is 133 Å². The summed E-state index contributed by atoms with van der Waals surface area (Å²) in [7, 11) is 0. The van der Waals surface area contributed by atoms with Gasteiger partial charge in [-0.15, -0.1) is 11.6 Å². The van der Waals surface area contributed by atoms with Gasteiger partial charge in [0.2, 0.25) is 0 Å². The summed E-state index contributed by atoms with van der Waals surface area (Å²) in [6.07, 6.45) is 6.41. The van der Waals surface area contributed by atoms with Gasteiger partial charge in [0.05, 0.1) is 53.7 Å². The molecule has 0 saturated carbocycles. The van der Waals surface area contributed by atoms with Crippen LogP contribution in [-0.2, 0) is 33.3 Å². The molecule has 0 radical (unpaired) electrons. The lowest BCUT2D eigenvalue weighted by molar-refractivity contribution is -0.397. The number of carbonyl (C=O) groups excluding carboxylic acids is 2. The van der Waals surface area contributed by atoms with Gasteiger partial charge < -0.3 is 49.6 Å². The van der Waals surface area contributed by atoms with E-state index in [-0.39, 0.29) is 42.1 Å².